The first-order valence-corrected chi connectivity index (χ1v) is 7.42. The summed E-state index contributed by atoms with van der Waals surface area (Å²) in [6.45, 7) is 2.12. The molecule has 0 spiro atoms. The minimum absolute atomic E-state index is 0.451. The molecule has 1 unspecified atom stereocenters. The zero-order valence-electron chi connectivity index (χ0n) is 10.5. The predicted octanol–water partition coefficient (Wildman–Crippen LogP) is 3.11. The van der Waals surface area contributed by atoms with Gasteiger partial charge in [0.25, 0.3) is 0 Å². The molecule has 1 aromatic carbocycles. The quantitative estimate of drug-likeness (QED) is 0.463. The molecule has 1 fully saturated rings. The molecular formula is C14H22N2S. The Labute approximate surface area is 108 Å². The van der Waals surface area contributed by atoms with Gasteiger partial charge in [-0.25, -0.2) is 0 Å². The van der Waals surface area contributed by atoms with Gasteiger partial charge in [-0.1, -0.05) is 37.0 Å². The van der Waals surface area contributed by atoms with Gasteiger partial charge in [-0.15, -0.1) is 11.8 Å². The topological polar surface area (TPSA) is 38.0 Å². The molecule has 1 saturated carbocycles. The van der Waals surface area contributed by atoms with Crippen LogP contribution in [0.5, 0.6) is 0 Å². The van der Waals surface area contributed by atoms with Crippen LogP contribution in [0.1, 0.15) is 31.2 Å². The number of aryl methyl sites for hydroxylation is 1. The van der Waals surface area contributed by atoms with Crippen molar-refractivity contribution in [2.75, 3.05) is 5.75 Å². The Morgan fingerprint density at radius 2 is 2.06 bits per heavy atom. The summed E-state index contributed by atoms with van der Waals surface area (Å²) in [7, 11) is 0. The van der Waals surface area contributed by atoms with Crippen molar-refractivity contribution in [3.05, 3.63) is 29.8 Å². The minimum Gasteiger partial charge on any atom is -0.271 e. The first kappa shape index (κ1) is 12.9. The average Bonchev–Trinajstić information content (AvgIpc) is 2.29. The third-order valence-electron chi connectivity index (χ3n) is 3.55. The highest BCUT2D eigenvalue weighted by Gasteiger charge is 2.21. The molecule has 1 aromatic rings. The standard InChI is InChI=1S/C14H22N2S/c1-11-5-7-14(8-6-11)17-10-13(16-15)9-12-3-2-4-12/h5-8,12-13,16H,2-4,9-10,15H2,1H3. The molecule has 0 amide bonds. The maximum atomic E-state index is 5.62. The fraction of sp³-hybridized carbons (Fsp3) is 0.571. The van der Waals surface area contributed by atoms with E-state index in [9.17, 15) is 0 Å². The molecule has 94 valence electrons. The lowest BCUT2D eigenvalue weighted by Gasteiger charge is -2.29. The number of benzene rings is 1. The van der Waals surface area contributed by atoms with Crippen molar-refractivity contribution in [3.63, 3.8) is 0 Å². The molecule has 1 aliphatic rings. The van der Waals surface area contributed by atoms with Crippen LogP contribution in [-0.4, -0.2) is 11.8 Å². The first-order valence-electron chi connectivity index (χ1n) is 6.43. The highest BCUT2D eigenvalue weighted by Crippen LogP contribution is 2.31. The molecule has 2 nitrogen and oxygen atoms in total. The Kier molecular flexibility index (Phi) is 4.89. The highest BCUT2D eigenvalue weighted by molar-refractivity contribution is 7.99. The van der Waals surface area contributed by atoms with E-state index in [0.29, 0.717) is 6.04 Å². The molecule has 0 aliphatic heterocycles. The third kappa shape index (κ3) is 4.02. The summed E-state index contributed by atoms with van der Waals surface area (Å²) in [5, 5.41) is 0. The molecule has 2 rings (SSSR count). The lowest BCUT2D eigenvalue weighted by Crippen LogP contribution is -2.39. The van der Waals surface area contributed by atoms with E-state index in [-0.39, 0.29) is 0 Å². The van der Waals surface area contributed by atoms with E-state index in [1.165, 1.54) is 36.1 Å². The summed E-state index contributed by atoms with van der Waals surface area (Å²) >= 11 is 1.90. The van der Waals surface area contributed by atoms with Gasteiger partial charge in [-0.05, 0) is 31.4 Å². The lowest BCUT2D eigenvalue weighted by atomic mass is 9.81. The predicted molar refractivity (Wildman–Crippen MR) is 75.0 cm³/mol. The zero-order chi connectivity index (χ0) is 12.1. The Hall–Kier alpha value is -0.510. The minimum atomic E-state index is 0.451. The molecule has 3 heteroatoms. The Morgan fingerprint density at radius 3 is 2.59 bits per heavy atom. The molecule has 0 heterocycles. The van der Waals surface area contributed by atoms with Crippen molar-refractivity contribution in [3.8, 4) is 0 Å². The lowest BCUT2D eigenvalue weighted by molar-refractivity contribution is 0.268. The van der Waals surface area contributed by atoms with E-state index in [4.69, 9.17) is 5.84 Å². The number of hydrazine groups is 1. The van der Waals surface area contributed by atoms with Gasteiger partial charge < -0.3 is 0 Å². The Morgan fingerprint density at radius 1 is 1.35 bits per heavy atom. The first-order chi connectivity index (χ1) is 8.28. The van der Waals surface area contributed by atoms with E-state index in [1.807, 2.05) is 11.8 Å². The number of hydrogen-bond donors (Lipinski definition) is 2. The van der Waals surface area contributed by atoms with Crippen LogP contribution in [0.15, 0.2) is 29.2 Å². The number of thioether (sulfide) groups is 1. The monoisotopic (exact) mass is 250 g/mol. The molecule has 3 N–H and O–H groups in total. The summed E-state index contributed by atoms with van der Waals surface area (Å²) in [5.41, 5.74) is 4.28. The molecule has 1 atom stereocenters. The van der Waals surface area contributed by atoms with Crippen LogP contribution in [0.2, 0.25) is 0 Å². The molecule has 0 saturated heterocycles. The van der Waals surface area contributed by atoms with Gasteiger partial charge >= 0.3 is 0 Å². The van der Waals surface area contributed by atoms with Gasteiger partial charge in [0.15, 0.2) is 0 Å². The summed E-state index contributed by atoms with van der Waals surface area (Å²) < 4.78 is 0. The van der Waals surface area contributed by atoms with Gasteiger partial charge in [0.05, 0.1) is 0 Å². The van der Waals surface area contributed by atoms with Gasteiger partial charge in [-0.3, -0.25) is 11.3 Å². The van der Waals surface area contributed by atoms with E-state index < -0.39 is 0 Å². The van der Waals surface area contributed by atoms with E-state index in [1.54, 1.807) is 0 Å². The van der Waals surface area contributed by atoms with E-state index in [2.05, 4.69) is 36.6 Å². The molecule has 17 heavy (non-hydrogen) atoms. The maximum Gasteiger partial charge on any atom is 0.0307 e. The normalized spacial score (nSPS) is 17.8. The van der Waals surface area contributed by atoms with Crippen LogP contribution in [0.3, 0.4) is 0 Å². The van der Waals surface area contributed by atoms with Crippen molar-refractivity contribution in [1.82, 2.24) is 5.43 Å². The van der Waals surface area contributed by atoms with Crippen molar-refractivity contribution >= 4 is 11.8 Å². The Balaban J connectivity index is 1.76. The highest BCUT2D eigenvalue weighted by atomic mass is 32.2. The molecule has 0 aromatic heterocycles. The number of rotatable bonds is 6. The van der Waals surface area contributed by atoms with E-state index >= 15 is 0 Å². The molecule has 1 aliphatic carbocycles. The van der Waals surface area contributed by atoms with Gasteiger partial charge in [0, 0.05) is 16.7 Å². The van der Waals surface area contributed by atoms with Gasteiger partial charge in [-0.2, -0.15) is 0 Å². The van der Waals surface area contributed by atoms with Crippen LogP contribution in [0, 0.1) is 12.8 Å². The average molecular weight is 250 g/mol. The van der Waals surface area contributed by atoms with Crippen LogP contribution in [0.25, 0.3) is 0 Å². The van der Waals surface area contributed by atoms with Crippen LogP contribution in [0.4, 0.5) is 0 Å². The summed E-state index contributed by atoms with van der Waals surface area (Å²) in [5.74, 6) is 7.60. The molecule has 0 radical (unpaired) electrons. The SMILES string of the molecule is Cc1ccc(SCC(CC2CCC2)NN)cc1. The zero-order valence-corrected chi connectivity index (χ0v) is 11.3. The fourth-order valence-electron chi connectivity index (χ4n) is 2.15. The number of hydrogen-bond acceptors (Lipinski definition) is 3. The third-order valence-corrected chi connectivity index (χ3v) is 4.73. The summed E-state index contributed by atoms with van der Waals surface area (Å²) in [6, 6.07) is 9.16. The second-order valence-electron chi connectivity index (χ2n) is 5.02. The van der Waals surface area contributed by atoms with Crippen molar-refractivity contribution < 1.29 is 0 Å². The van der Waals surface area contributed by atoms with Crippen LogP contribution < -0.4 is 11.3 Å². The van der Waals surface area contributed by atoms with Crippen molar-refractivity contribution in [2.45, 2.75) is 43.5 Å². The smallest absolute Gasteiger partial charge is 0.0307 e. The van der Waals surface area contributed by atoms with Crippen LogP contribution in [-0.2, 0) is 0 Å². The number of nitrogens with one attached hydrogen (secondary N) is 1. The summed E-state index contributed by atoms with van der Waals surface area (Å²) in [4.78, 5) is 1.34. The fourth-order valence-corrected chi connectivity index (χ4v) is 3.10. The van der Waals surface area contributed by atoms with E-state index in [0.717, 1.165) is 11.7 Å². The molecule has 0 bridgehead atoms. The second kappa shape index (κ2) is 6.43. The second-order valence-corrected chi connectivity index (χ2v) is 6.11. The van der Waals surface area contributed by atoms with Gasteiger partial charge in [0.1, 0.15) is 0 Å². The van der Waals surface area contributed by atoms with Crippen molar-refractivity contribution in [2.24, 2.45) is 11.8 Å². The molecular weight excluding hydrogens is 228 g/mol. The summed E-state index contributed by atoms with van der Waals surface area (Å²) in [6.07, 6.45) is 5.43. The van der Waals surface area contributed by atoms with Gasteiger partial charge in [0.2, 0.25) is 0 Å². The maximum absolute atomic E-state index is 5.62. The number of nitrogens with two attached hydrogens (primary N) is 1. The van der Waals surface area contributed by atoms with Crippen LogP contribution >= 0.6 is 11.8 Å². The Bertz CT molecular complexity index is 333. The van der Waals surface area contributed by atoms with Crippen molar-refractivity contribution in [1.29, 1.82) is 0 Å². The largest absolute Gasteiger partial charge is 0.271 e.